The zero-order valence-corrected chi connectivity index (χ0v) is 12.9. The number of oxime groups is 1. The van der Waals surface area contributed by atoms with Gasteiger partial charge in [0.05, 0.1) is 25.8 Å². The minimum Gasteiger partial charge on any atom is -0.493 e. The summed E-state index contributed by atoms with van der Waals surface area (Å²) >= 11 is 0. The van der Waals surface area contributed by atoms with Crippen LogP contribution in [0.3, 0.4) is 0 Å². The van der Waals surface area contributed by atoms with Crippen molar-refractivity contribution in [3.05, 3.63) is 53.6 Å². The number of ether oxygens (including phenoxy) is 3. The van der Waals surface area contributed by atoms with E-state index < -0.39 is 5.60 Å². The summed E-state index contributed by atoms with van der Waals surface area (Å²) in [6.45, 7) is 0. The van der Waals surface area contributed by atoms with E-state index in [1.165, 1.54) is 0 Å². The van der Waals surface area contributed by atoms with E-state index in [0.29, 0.717) is 23.0 Å². The van der Waals surface area contributed by atoms with Gasteiger partial charge in [0.1, 0.15) is 5.60 Å². The number of rotatable bonds is 3. The molecule has 2 aliphatic rings. The van der Waals surface area contributed by atoms with Gasteiger partial charge in [-0.3, -0.25) is 0 Å². The van der Waals surface area contributed by atoms with E-state index in [9.17, 15) is 5.21 Å². The Labute approximate surface area is 134 Å². The van der Waals surface area contributed by atoms with Crippen molar-refractivity contribution in [3.8, 4) is 17.2 Å². The Morgan fingerprint density at radius 1 is 1.13 bits per heavy atom. The highest BCUT2D eigenvalue weighted by Crippen LogP contribution is 2.62. The molecule has 1 aliphatic heterocycles. The molecule has 0 radical (unpaired) electrons. The standard InChI is InChI=1S/C18H17NO4/c1-21-14-9-8-12-15(19-20)13-10-18(13,11-6-4-3-5-7-11)23-16(12)17(14)22-2/h3-9,13,20H,10H2,1-2H3. The van der Waals surface area contributed by atoms with E-state index >= 15 is 0 Å². The van der Waals surface area contributed by atoms with Gasteiger partial charge in [-0.25, -0.2) is 0 Å². The van der Waals surface area contributed by atoms with Gasteiger partial charge >= 0.3 is 0 Å². The SMILES string of the molecule is COc1ccc2c(c1OC)OC1(c3ccccc3)CC1C2=NO. The summed E-state index contributed by atoms with van der Waals surface area (Å²) in [7, 11) is 3.16. The van der Waals surface area contributed by atoms with E-state index in [2.05, 4.69) is 5.16 Å². The highest BCUT2D eigenvalue weighted by molar-refractivity contribution is 6.08. The molecule has 2 aromatic rings. The van der Waals surface area contributed by atoms with Crippen molar-refractivity contribution in [3.63, 3.8) is 0 Å². The van der Waals surface area contributed by atoms with Crippen LogP contribution in [0.15, 0.2) is 47.6 Å². The molecule has 2 unspecified atom stereocenters. The topological polar surface area (TPSA) is 60.3 Å². The lowest BCUT2D eigenvalue weighted by Crippen LogP contribution is -2.28. The molecule has 1 fully saturated rings. The van der Waals surface area contributed by atoms with Crippen LogP contribution in [0.5, 0.6) is 17.2 Å². The molecular weight excluding hydrogens is 294 g/mol. The van der Waals surface area contributed by atoms with Gasteiger partial charge < -0.3 is 19.4 Å². The Morgan fingerprint density at radius 2 is 1.91 bits per heavy atom. The lowest BCUT2D eigenvalue weighted by molar-refractivity contribution is 0.156. The van der Waals surface area contributed by atoms with Gasteiger partial charge in [0.15, 0.2) is 11.5 Å². The maximum absolute atomic E-state index is 9.55. The van der Waals surface area contributed by atoms with E-state index in [0.717, 1.165) is 17.5 Å². The van der Waals surface area contributed by atoms with Crippen molar-refractivity contribution >= 4 is 5.71 Å². The summed E-state index contributed by atoms with van der Waals surface area (Å²) in [5.41, 5.74) is 1.96. The average molecular weight is 311 g/mol. The summed E-state index contributed by atoms with van der Waals surface area (Å²) in [5, 5.41) is 13.1. The summed E-state index contributed by atoms with van der Waals surface area (Å²) in [6.07, 6.45) is 0.774. The van der Waals surface area contributed by atoms with Crippen molar-refractivity contribution in [1.82, 2.24) is 0 Å². The van der Waals surface area contributed by atoms with Crippen LogP contribution in [0.2, 0.25) is 0 Å². The number of hydrogen-bond acceptors (Lipinski definition) is 5. The normalized spacial score (nSPS) is 26.0. The van der Waals surface area contributed by atoms with Gasteiger partial charge in [-0.2, -0.15) is 0 Å². The van der Waals surface area contributed by atoms with Crippen LogP contribution in [0.1, 0.15) is 17.5 Å². The smallest absolute Gasteiger partial charge is 0.204 e. The van der Waals surface area contributed by atoms with Crippen LogP contribution in [0.25, 0.3) is 0 Å². The first-order chi connectivity index (χ1) is 11.2. The lowest BCUT2D eigenvalue weighted by Gasteiger charge is -2.29. The first kappa shape index (κ1) is 13.9. The van der Waals surface area contributed by atoms with Gasteiger partial charge in [0.2, 0.25) is 5.75 Å². The van der Waals surface area contributed by atoms with Crippen molar-refractivity contribution in [2.24, 2.45) is 11.1 Å². The molecule has 2 aromatic carbocycles. The van der Waals surface area contributed by atoms with Gasteiger partial charge in [0.25, 0.3) is 0 Å². The Morgan fingerprint density at radius 3 is 2.57 bits per heavy atom. The maximum Gasteiger partial charge on any atom is 0.204 e. The highest BCUT2D eigenvalue weighted by Gasteiger charge is 2.64. The van der Waals surface area contributed by atoms with Crippen LogP contribution in [0, 0.1) is 5.92 Å². The van der Waals surface area contributed by atoms with Crippen LogP contribution >= 0.6 is 0 Å². The van der Waals surface area contributed by atoms with Crippen molar-refractivity contribution in [1.29, 1.82) is 0 Å². The van der Waals surface area contributed by atoms with E-state index in [-0.39, 0.29) is 5.92 Å². The summed E-state index contributed by atoms with van der Waals surface area (Å²) in [4.78, 5) is 0. The van der Waals surface area contributed by atoms with Crippen LogP contribution in [-0.2, 0) is 5.60 Å². The Kier molecular flexibility index (Phi) is 2.98. The van der Waals surface area contributed by atoms with Crippen molar-refractivity contribution in [2.75, 3.05) is 14.2 Å². The van der Waals surface area contributed by atoms with Crippen molar-refractivity contribution < 1.29 is 19.4 Å². The Bertz CT molecular complexity index is 787. The third-order valence-electron chi connectivity index (χ3n) is 4.67. The number of nitrogens with zero attached hydrogens (tertiary/aromatic N) is 1. The number of fused-ring (bicyclic) bond motifs is 2. The van der Waals surface area contributed by atoms with Gasteiger partial charge in [-0.15, -0.1) is 0 Å². The molecule has 2 atom stereocenters. The molecule has 0 bridgehead atoms. The number of methoxy groups -OCH3 is 2. The van der Waals surface area contributed by atoms with Crippen LogP contribution < -0.4 is 14.2 Å². The van der Waals surface area contributed by atoms with E-state index in [4.69, 9.17) is 14.2 Å². The van der Waals surface area contributed by atoms with Crippen LogP contribution in [0.4, 0.5) is 0 Å². The molecule has 0 saturated heterocycles. The molecule has 1 N–H and O–H groups in total. The number of benzene rings is 2. The summed E-state index contributed by atoms with van der Waals surface area (Å²) in [6, 6.07) is 13.6. The largest absolute Gasteiger partial charge is 0.493 e. The molecule has 1 saturated carbocycles. The van der Waals surface area contributed by atoms with Gasteiger partial charge in [-0.1, -0.05) is 35.5 Å². The van der Waals surface area contributed by atoms with E-state index in [1.54, 1.807) is 20.3 Å². The van der Waals surface area contributed by atoms with Gasteiger partial charge in [0, 0.05) is 12.0 Å². The molecule has 5 nitrogen and oxygen atoms in total. The fraction of sp³-hybridized carbons (Fsp3) is 0.278. The summed E-state index contributed by atoms with van der Waals surface area (Å²) in [5.74, 6) is 1.72. The first-order valence-electron chi connectivity index (χ1n) is 7.47. The lowest BCUT2D eigenvalue weighted by atomic mass is 9.95. The highest BCUT2D eigenvalue weighted by atomic mass is 16.5. The molecule has 0 amide bonds. The van der Waals surface area contributed by atoms with Gasteiger partial charge in [-0.05, 0) is 17.7 Å². The molecule has 5 heteroatoms. The molecule has 0 aromatic heterocycles. The zero-order chi connectivity index (χ0) is 16.0. The molecule has 0 spiro atoms. The summed E-state index contributed by atoms with van der Waals surface area (Å²) < 4.78 is 17.2. The minimum atomic E-state index is -0.491. The molecule has 1 heterocycles. The second kappa shape index (κ2) is 4.91. The third kappa shape index (κ3) is 1.82. The number of hydrogen-bond donors (Lipinski definition) is 1. The molecule has 4 rings (SSSR count). The molecule has 23 heavy (non-hydrogen) atoms. The molecular formula is C18H17NO4. The quantitative estimate of drug-likeness (QED) is 0.698. The van der Waals surface area contributed by atoms with Crippen LogP contribution in [-0.4, -0.2) is 25.1 Å². The molecule has 118 valence electrons. The van der Waals surface area contributed by atoms with E-state index in [1.807, 2.05) is 36.4 Å². The molecule has 1 aliphatic carbocycles. The van der Waals surface area contributed by atoms with Crippen molar-refractivity contribution in [2.45, 2.75) is 12.0 Å². The second-order valence-electron chi connectivity index (χ2n) is 5.78. The monoisotopic (exact) mass is 311 g/mol. The predicted molar refractivity (Wildman–Crippen MR) is 84.7 cm³/mol. The third-order valence-corrected chi connectivity index (χ3v) is 4.67. The minimum absolute atomic E-state index is 0.0421. The second-order valence-corrected chi connectivity index (χ2v) is 5.78. The first-order valence-corrected chi connectivity index (χ1v) is 7.47. The fourth-order valence-electron chi connectivity index (χ4n) is 3.47. The maximum atomic E-state index is 9.55. The average Bonchev–Trinajstić information content (AvgIpc) is 3.34. The fourth-order valence-corrected chi connectivity index (χ4v) is 3.47. The Balaban J connectivity index is 1.90. The Hall–Kier alpha value is -2.69. The zero-order valence-electron chi connectivity index (χ0n) is 12.9. The predicted octanol–water partition coefficient (Wildman–Crippen LogP) is 3.19.